The lowest BCUT2D eigenvalue weighted by Crippen LogP contribution is -2.48. The average Bonchev–Trinajstić information content (AvgIpc) is 2.61. The second-order valence-electron chi connectivity index (χ2n) is 6.03. The van der Waals surface area contributed by atoms with Crippen molar-refractivity contribution < 1.29 is 9.59 Å². The number of halogens is 2. The van der Waals surface area contributed by atoms with Crippen molar-refractivity contribution in [3.05, 3.63) is 69.2 Å². The van der Waals surface area contributed by atoms with Gasteiger partial charge < -0.3 is 10.2 Å². The number of nitrogens with one attached hydrogen (secondary N) is 1. The third-order valence-corrected chi connectivity index (χ3v) is 4.77. The topological polar surface area (TPSA) is 49.4 Å². The van der Waals surface area contributed by atoms with Crippen molar-refractivity contribution in [3.63, 3.8) is 0 Å². The Kier molecular flexibility index (Phi) is 7.66. The van der Waals surface area contributed by atoms with Crippen molar-refractivity contribution in [2.45, 2.75) is 32.9 Å². The summed E-state index contributed by atoms with van der Waals surface area (Å²) in [7, 11) is 0. The minimum Gasteiger partial charge on any atom is -0.355 e. The van der Waals surface area contributed by atoms with E-state index in [9.17, 15) is 9.59 Å². The quantitative estimate of drug-likeness (QED) is 0.706. The van der Waals surface area contributed by atoms with Gasteiger partial charge in [0.15, 0.2) is 0 Å². The van der Waals surface area contributed by atoms with Gasteiger partial charge in [-0.25, -0.2) is 0 Å². The zero-order chi connectivity index (χ0) is 19.1. The van der Waals surface area contributed by atoms with Gasteiger partial charge in [0.2, 0.25) is 11.8 Å². The smallest absolute Gasteiger partial charge is 0.242 e. The Morgan fingerprint density at radius 1 is 1.15 bits per heavy atom. The predicted octanol–water partition coefficient (Wildman–Crippen LogP) is 4.20. The highest BCUT2D eigenvalue weighted by Gasteiger charge is 2.25. The Morgan fingerprint density at radius 3 is 2.46 bits per heavy atom. The molecule has 0 aromatic heterocycles. The Bertz CT molecular complexity index is 765. The van der Waals surface area contributed by atoms with E-state index in [1.54, 1.807) is 24.0 Å². The summed E-state index contributed by atoms with van der Waals surface area (Å²) < 4.78 is 0.936. The van der Waals surface area contributed by atoms with Crippen LogP contribution < -0.4 is 5.32 Å². The highest BCUT2D eigenvalue weighted by atomic mass is 79.9. The minimum atomic E-state index is -0.561. The fourth-order valence-corrected chi connectivity index (χ4v) is 3.19. The second-order valence-corrected chi connectivity index (χ2v) is 7.38. The molecule has 0 saturated carbocycles. The number of amides is 2. The van der Waals surface area contributed by atoms with Crippen LogP contribution in [0.15, 0.2) is 53.0 Å². The summed E-state index contributed by atoms with van der Waals surface area (Å²) in [5.74, 6) is -0.266. The fraction of sp³-hybridized carbons (Fsp3) is 0.300. The van der Waals surface area contributed by atoms with E-state index in [0.717, 1.165) is 15.6 Å². The molecule has 2 amide bonds. The molecule has 0 aliphatic carbocycles. The van der Waals surface area contributed by atoms with Gasteiger partial charge in [0.05, 0.1) is 6.42 Å². The van der Waals surface area contributed by atoms with Gasteiger partial charge in [-0.3, -0.25) is 9.59 Å². The summed E-state index contributed by atoms with van der Waals surface area (Å²) in [6.07, 6.45) is 0.217. The van der Waals surface area contributed by atoms with Crippen LogP contribution in [-0.4, -0.2) is 29.3 Å². The molecule has 2 rings (SSSR count). The molecule has 6 heteroatoms. The molecule has 0 aliphatic heterocycles. The maximum Gasteiger partial charge on any atom is 0.242 e. The van der Waals surface area contributed by atoms with E-state index in [2.05, 4.69) is 21.2 Å². The third-order valence-electron chi connectivity index (χ3n) is 4.03. The van der Waals surface area contributed by atoms with Crippen LogP contribution >= 0.6 is 27.5 Å². The maximum absolute atomic E-state index is 12.9. The van der Waals surface area contributed by atoms with E-state index >= 15 is 0 Å². The average molecular weight is 438 g/mol. The van der Waals surface area contributed by atoms with Crippen LogP contribution in [-0.2, 0) is 22.6 Å². The molecule has 2 aromatic carbocycles. The summed E-state index contributed by atoms with van der Waals surface area (Å²) >= 11 is 9.35. The van der Waals surface area contributed by atoms with E-state index in [0.29, 0.717) is 18.1 Å². The van der Waals surface area contributed by atoms with Gasteiger partial charge in [-0.2, -0.15) is 0 Å². The lowest BCUT2D eigenvalue weighted by molar-refractivity contribution is -0.140. The van der Waals surface area contributed by atoms with Crippen molar-refractivity contribution in [1.29, 1.82) is 0 Å². The lowest BCUT2D eigenvalue weighted by Gasteiger charge is -2.29. The van der Waals surface area contributed by atoms with E-state index in [1.165, 1.54) is 0 Å². The normalized spacial score (nSPS) is 11.7. The summed E-state index contributed by atoms with van der Waals surface area (Å²) in [6.45, 7) is 4.50. The highest BCUT2D eigenvalue weighted by molar-refractivity contribution is 9.10. The molecule has 138 valence electrons. The van der Waals surface area contributed by atoms with Gasteiger partial charge >= 0.3 is 0 Å². The molecule has 0 fully saturated rings. The van der Waals surface area contributed by atoms with Crippen molar-refractivity contribution in [1.82, 2.24) is 10.2 Å². The molecule has 2 aromatic rings. The summed E-state index contributed by atoms with van der Waals surface area (Å²) in [4.78, 5) is 26.9. The fourth-order valence-electron chi connectivity index (χ4n) is 2.62. The lowest BCUT2D eigenvalue weighted by atomic mass is 10.1. The number of hydrogen-bond acceptors (Lipinski definition) is 2. The van der Waals surface area contributed by atoms with Crippen LogP contribution in [0.25, 0.3) is 0 Å². The standard InChI is InChI=1S/C20H22BrClN2O2/c1-3-23-20(26)14(2)24(13-16-5-4-6-17(21)11-16)19(25)12-15-7-9-18(22)10-8-15/h4-11,14H,3,12-13H2,1-2H3,(H,23,26)/t14-/m0/s1. The first-order valence-electron chi connectivity index (χ1n) is 8.46. The van der Waals surface area contributed by atoms with Gasteiger partial charge in [0.1, 0.15) is 6.04 Å². The number of likely N-dealkylation sites (N-methyl/N-ethyl adjacent to an activating group) is 1. The van der Waals surface area contributed by atoms with Gasteiger partial charge in [0.25, 0.3) is 0 Å². The summed E-state index contributed by atoms with van der Waals surface area (Å²) in [5.41, 5.74) is 1.82. The number of nitrogens with zero attached hydrogens (tertiary/aromatic N) is 1. The van der Waals surface area contributed by atoms with Crippen molar-refractivity contribution in [3.8, 4) is 0 Å². The SMILES string of the molecule is CCNC(=O)[C@H](C)N(Cc1cccc(Br)c1)C(=O)Cc1ccc(Cl)cc1. The zero-order valence-corrected chi connectivity index (χ0v) is 17.2. The monoisotopic (exact) mass is 436 g/mol. The van der Waals surface area contributed by atoms with Crippen LogP contribution in [0.4, 0.5) is 0 Å². The van der Waals surface area contributed by atoms with Gasteiger partial charge in [-0.05, 0) is 49.2 Å². The van der Waals surface area contributed by atoms with Gasteiger partial charge in [-0.1, -0.05) is 51.8 Å². The Labute approximate surface area is 167 Å². The predicted molar refractivity (Wildman–Crippen MR) is 108 cm³/mol. The number of hydrogen-bond donors (Lipinski definition) is 1. The van der Waals surface area contributed by atoms with Crippen molar-refractivity contribution in [2.24, 2.45) is 0 Å². The Balaban J connectivity index is 2.21. The molecule has 4 nitrogen and oxygen atoms in total. The zero-order valence-electron chi connectivity index (χ0n) is 14.8. The molecule has 26 heavy (non-hydrogen) atoms. The van der Waals surface area contributed by atoms with Crippen molar-refractivity contribution in [2.75, 3.05) is 6.54 Å². The molecule has 0 radical (unpaired) electrons. The van der Waals surface area contributed by atoms with Gasteiger partial charge in [-0.15, -0.1) is 0 Å². The third kappa shape index (κ3) is 5.85. The van der Waals surface area contributed by atoms with E-state index < -0.39 is 6.04 Å². The minimum absolute atomic E-state index is 0.106. The molecule has 0 saturated heterocycles. The van der Waals surface area contributed by atoms with E-state index in [1.807, 2.05) is 43.3 Å². The molecule has 0 unspecified atom stereocenters. The first kappa shape index (κ1) is 20.5. The first-order valence-corrected chi connectivity index (χ1v) is 9.64. The maximum atomic E-state index is 12.9. The van der Waals surface area contributed by atoms with E-state index in [4.69, 9.17) is 11.6 Å². The molecule has 0 heterocycles. The molecular weight excluding hydrogens is 416 g/mol. The van der Waals surface area contributed by atoms with Crippen LogP contribution in [0, 0.1) is 0 Å². The molecule has 1 atom stereocenters. The molecule has 0 bridgehead atoms. The molecule has 0 aliphatic rings. The molecular formula is C20H22BrClN2O2. The van der Waals surface area contributed by atoms with Crippen LogP contribution in [0.5, 0.6) is 0 Å². The number of carbonyl (C=O) groups excluding carboxylic acids is 2. The van der Waals surface area contributed by atoms with Crippen LogP contribution in [0.2, 0.25) is 5.02 Å². The van der Waals surface area contributed by atoms with Crippen molar-refractivity contribution >= 4 is 39.3 Å². The van der Waals surface area contributed by atoms with Crippen LogP contribution in [0.1, 0.15) is 25.0 Å². The summed E-state index contributed by atoms with van der Waals surface area (Å²) in [6, 6.07) is 14.3. The summed E-state index contributed by atoms with van der Waals surface area (Å²) in [5, 5.41) is 3.42. The Hall–Kier alpha value is -1.85. The number of carbonyl (C=O) groups is 2. The van der Waals surface area contributed by atoms with E-state index in [-0.39, 0.29) is 18.2 Å². The Morgan fingerprint density at radius 2 is 1.85 bits per heavy atom. The van der Waals surface area contributed by atoms with Gasteiger partial charge in [0, 0.05) is 22.6 Å². The molecule has 0 spiro atoms. The number of rotatable bonds is 7. The van der Waals surface area contributed by atoms with Crippen LogP contribution in [0.3, 0.4) is 0 Å². The second kappa shape index (κ2) is 9.74. The first-order chi connectivity index (χ1) is 12.4. The highest BCUT2D eigenvalue weighted by Crippen LogP contribution is 2.17. The number of benzene rings is 2. The molecule has 1 N–H and O–H groups in total. The largest absolute Gasteiger partial charge is 0.355 e.